The van der Waals surface area contributed by atoms with Crippen LogP contribution < -0.4 is 0 Å². The Morgan fingerprint density at radius 1 is 1.40 bits per heavy atom. The lowest BCUT2D eigenvalue weighted by Gasteiger charge is -2.16. The number of ether oxygens (including phenoxy) is 1. The molecule has 5 heteroatoms. The second-order valence-corrected chi connectivity index (χ2v) is 5.08. The molecule has 0 saturated carbocycles. The number of aryl methyl sites for hydroxylation is 2. The number of hydrogen-bond donors (Lipinski definition) is 1. The molecule has 0 saturated heterocycles. The van der Waals surface area contributed by atoms with Gasteiger partial charge in [0, 0.05) is 12.0 Å². The first kappa shape index (κ1) is 12.9. The van der Waals surface area contributed by atoms with Crippen LogP contribution in [-0.2, 0) is 17.8 Å². The normalized spacial score (nSPS) is 14.1. The molecule has 1 aromatic heterocycles. The number of carboxylic acid groups (broad SMARTS) is 1. The molecule has 1 N–H and O–H groups in total. The molecular weight excluding hydrogens is 256 g/mol. The smallest absolute Gasteiger partial charge is 0.356 e. The lowest BCUT2D eigenvalue weighted by atomic mass is 10.1. The molecule has 0 spiro atoms. The number of benzene rings is 1. The Bertz CT molecular complexity index is 689. The molecule has 20 heavy (non-hydrogen) atoms. The number of carboxylic acids is 1. The number of aromatic carboxylic acids is 1. The summed E-state index contributed by atoms with van der Waals surface area (Å²) in [5, 5.41) is 13.6. The Kier molecular flexibility index (Phi) is 3.06. The minimum atomic E-state index is -1.00. The van der Waals surface area contributed by atoms with Crippen molar-refractivity contribution in [2.24, 2.45) is 0 Å². The average Bonchev–Trinajstić information content (AvgIpc) is 2.78. The SMILES string of the molecule is Cc1ccc(-n2nc(C(=O)O)c3c2CCOC3)c(C)c1. The van der Waals surface area contributed by atoms with Crippen molar-refractivity contribution in [1.82, 2.24) is 9.78 Å². The predicted octanol–water partition coefficient (Wildman–Crippen LogP) is 2.26. The molecule has 2 heterocycles. The number of rotatable bonds is 2. The third kappa shape index (κ3) is 2.00. The highest BCUT2D eigenvalue weighted by Gasteiger charge is 2.26. The van der Waals surface area contributed by atoms with Crippen molar-refractivity contribution >= 4 is 5.97 Å². The van der Waals surface area contributed by atoms with Crippen LogP contribution in [0.1, 0.15) is 32.9 Å². The van der Waals surface area contributed by atoms with Crippen molar-refractivity contribution in [3.05, 3.63) is 46.3 Å². The molecule has 0 fully saturated rings. The Hall–Kier alpha value is -2.14. The third-order valence-electron chi connectivity index (χ3n) is 3.60. The van der Waals surface area contributed by atoms with E-state index in [0.717, 1.165) is 16.9 Å². The van der Waals surface area contributed by atoms with E-state index in [1.807, 2.05) is 26.0 Å². The Morgan fingerprint density at radius 2 is 2.20 bits per heavy atom. The topological polar surface area (TPSA) is 64.4 Å². The van der Waals surface area contributed by atoms with E-state index in [9.17, 15) is 9.90 Å². The first-order valence-corrected chi connectivity index (χ1v) is 6.57. The number of nitrogens with zero attached hydrogens (tertiary/aromatic N) is 2. The lowest BCUT2D eigenvalue weighted by Crippen LogP contribution is -2.14. The quantitative estimate of drug-likeness (QED) is 0.910. The summed E-state index contributed by atoms with van der Waals surface area (Å²) < 4.78 is 7.13. The van der Waals surface area contributed by atoms with E-state index < -0.39 is 5.97 Å². The summed E-state index contributed by atoms with van der Waals surface area (Å²) in [5.41, 5.74) is 4.93. The number of fused-ring (bicyclic) bond motifs is 1. The van der Waals surface area contributed by atoms with Crippen LogP contribution in [0.3, 0.4) is 0 Å². The van der Waals surface area contributed by atoms with Gasteiger partial charge in [0.25, 0.3) is 0 Å². The Labute approximate surface area is 116 Å². The van der Waals surface area contributed by atoms with Crippen molar-refractivity contribution in [2.45, 2.75) is 26.9 Å². The van der Waals surface area contributed by atoms with Gasteiger partial charge in [0.05, 0.1) is 24.6 Å². The summed E-state index contributed by atoms with van der Waals surface area (Å²) in [6.07, 6.45) is 0.683. The molecule has 0 radical (unpaired) electrons. The summed E-state index contributed by atoms with van der Waals surface area (Å²) in [4.78, 5) is 11.3. The van der Waals surface area contributed by atoms with E-state index in [0.29, 0.717) is 25.2 Å². The minimum absolute atomic E-state index is 0.0969. The first-order valence-electron chi connectivity index (χ1n) is 6.57. The van der Waals surface area contributed by atoms with Gasteiger partial charge in [-0.05, 0) is 25.5 Å². The van der Waals surface area contributed by atoms with Crippen LogP contribution >= 0.6 is 0 Å². The van der Waals surface area contributed by atoms with E-state index in [4.69, 9.17) is 4.74 Å². The van der Waals surface area contributed by atoms with Crippen LogP contribution in [0.4, 0.5) is 0 Å². The number of aromatic nitrogens is 2. The molecule has 2 aromatic rings. The molecule has 0 amide bonds. The second-order valence-electron chi connectivity index (χ2n) is 5.08. The molecular formula is C15H16N2O3. The molecule has 5 nitrogen and oxygen atoms in total. The van der Waals surface area contributed by atoms with Gasteiger partial charge >= 0.3 is 5.97 Å². The van der Waals surface area contributed by atoms with Gasteiger partial charge in [0.2, 0.25) is 0 Å². The van der Waals surface area contributed by atoms with Crippen molar-refractivity contribution in [3.63, 3.8) is 0 Å². The molecule has 3 rings (SSSR count). The third-order valence-corrected chi connectivity index (χ3v) is 3.60. The summed E-state index contributed by atoms with van der Waals surface area (Å²) in [6, 6.07) is 6.07. The van der Waals surface area contributed by atoms with Gasteiger partial charge < -0.3 is 9.84 Å². The van der Waals surface area contributed by atoms with Gasteiger partial charge in [0.15, 0.2) is 5.69 Å². The Balaban J connectivity index is 2.21. The van der Waals surface area contributed by atoms with Gasteiger partial charge in [-0.2, -0.15) is 5.10 Å². The average molecular weight is 272 g/mol. The van der Waals surface area contributed by atoms with Crippen molar-refractivity contribution in [1.29, 1.82) is 0 Å². The van der Waals surface area contributed by atoms with Gasteiger partial charge in [-0.15, -0.1) is 0 Å². The zero-order valence-corrected chi connectivity index (χ0v) is 11.5. The maximum atomic E-state index is 11.3. The molecule has 104 valence electrons. The standard InChI is InChI=1S/C15H16N2O3/c1-9-3-4-12(10(2)7-9)17-13-5-6-20-8-11(13)14(16-17)15(18)19/h3-4,7H,5-6,8H2,1-2H3,(H,18,19). The molecule has 0 bridgehead atoms. The molecule has 1 aromatic carbocycles. The van der Waals surface area contributed by atoms with Crippen LogP contribution in [0.5, 0.6) is 0 Å². The fraction of sp³-hybridized carbons (Fsp3) is 0.333. The predicted molar refractivity (Wildman–Crippen MR) is 73.4 cm³/mol. The van der Waals surface area contributed by atoms with Gasteiger partial charge in [-0.1, -0.05) is 17.7 Å². The second kappa shape index (κ2) is 4.76. The van der Waals surface area contributed by atoms with Gasteiger partial charge in [-0.25, -0.2) is 9.48 Å². The first-order chi connectivity index (χ1) is 9.58. The summed E-state index contributed by atoms with van der Waals surface area (Å²) in [7, 11) is 0. The fourth-order valence-electron chi connectivity index (χ4n) is 2.65. The zero-order chi connectivity index (χ0) is 14.3. The fourth-order valence-corrected chi connectivity index (χ4v) is 2.65. The van der Waals surface area contributed by atoms with E-state index in [-0.39, 0.29) is 5.69 Å². The van der Waals surface area contributed by atoms with E-state index in [1.54, 1.807) is 4.68 Å². The maximum Gasteiger partial charge on any atom is 0.356 e. The summed E-state index contributed by atoms with van der Waals surface area (Å²) >= 11 is 0. The maximum absolute atomic E-state index is 11.3. The highest BCUT2D eigenvalue weighted by atomic mass is 16.5. The van der Waals surface area contributed by atoms with E-state index in [2.05, 4.69) is 11.2 Å². The number of hydrogen-bond acceptors (Lipinski definition) is 3. The van der Waals surface area contributed by atoms with Crippen LogP contribution in [0.2, 0.25) is 0 Å². The highest BCUT2D eigenvalue weighted by molar-refractivity contribution is 5.87. The minimum Gasteiger partial charge on any atom is -0.476 e. The van der Waals surface area contributed by atoms with Crippen molar-refractivity contribution in [3.8, 4) is 5.69 Å². The Morgan fingerprint density at radius 3 is 2.90 bits per heavy atom. The molecule has 1 aliphatic heterocycles. The molecule has 0 aliphatic carbocycles. The van der Waals surface area contributed by atoms with Gasteiger partial charge in [0.1, 0.15) is 0 Å². The van der Waals surface area contributed by atoms with Crippen LogP contribution in [0, 0.1) is 13.8 Å². The lowest BCUT2D eigenvalue weighted by molar-refractivity contribution is 0.0677. The van der Waals surface area contributed by atoms with Crippen LogP contribution in [-0.4, -0.2) is 27.5 Å². The van der Waals surface area contributed by atoms with E-state index in [1.165, 1.54) is 5.56 Å². The molecule has 0 atom stereocenters. The van der Waals surface area contributed by atoms with Crippen LogP contribution in [0.25, 0.3) is 5.69 Å². The van der Waals surface area contributed by atoms with Gasteiger partial charge in [-0.3, -0.25) is 0 Å². The largest absolute Gasteiger partial charge is 0.476 e. The molecule has 1 aliphatic rings. The monoisotopic (exact) mass is 272 g/mol. The van der Waals surface area contributed by atoms with Crippen molar-refractivity contribution < 1.29 is 14.6 Å². The number of carbonyl (C=O) groups is 1. The van der Waals surface area contributed by atoms with Crippen LogP contribution in [0.15, 0.2) is 18.2 Å². The molecule has 0 unspecified atom stereocenters. The van der Waals surface area contributed by atoms with E-state index >= 15 is 0 Å². The summed E-state index contributed by atoms with van der Waals surface area (Å²) in [5.74, 6) is -1.00. The summed E-state index contributed by atoms with van der Waals surface area (Å²) in [6.45, 7) is 4.96. The highest BCUT2D eigenvalue weighted by Crippen LogP contribution is 2.25. The zero-order valence-electron chi connectivity index (χ0n) is 11.5. The van der Waals surface area contributed by atoms with Crippen molar-refractivity contribution in [2.75, 3.05) is 6.61 Å².